The fourth-order valence-electron chi connectivity index (χ4n) is 6.70. The second-order valence-corrected chi connectivity index (χ2v) is 17.7. The summed E-state index contributed by atoms with van der Waals surface area (Å²) in [5.74, 6) is 0. The van der Waals surface area contributed by atoms with E-state index in [0.717, 1.165) is 25.7 Å². The highest BCUT2D eigenvalue weighted by Gasteiger charge is 2.24. The van der Waals surface area contributed by atoms with Crippen LogP contribution in [-0.2, 0) is 23.1 Å². The number of aliphatic hydroxyl groups is 2. The Hall–Kier alpha value is -0.570. The molecule has 0 rings (SSSR count). The van der Waals surface area contributed by atoms with Crippen molar-refractivity contribution in [3.63, 3.8) is 0 Å². The van der Waals surface area contributed by atoms with Crippen LogP contribution in [0.25, 0.3) is 0 Å². The molecule has 0 radical (unpaired) electrons. The minimum Gasteiger partial charge on any atom is -0.395 e. The Kier molecular flexibility index (Phi) is 44.1. The molecule has 55 heavy (non-hydrogen) atoms. The van der Waals surface area contributed by atoms with Gasteiger partial charge in [-0.15, -0.1) is 0 Å². The summed E-state index contributed by atoms with van der Waals surface area (Å²) in [7, 11) is -3.35. The number of hydrogen-bond donors (Lipinski definition) is 2. The molecule has 0 aromatic heterocycles. The lowest BCUT2D eigenvalue weighted by Gasteiger charge is -2.24. The monoisotopic (exact) mass is 802 g/mol. The van der Waals surface area contributed by atoms with Gasteiger partial charge >= 0.3 is 7.60 Å². The summed E-state index contributed by atoms with van der Waals surface area (Å²) in [6.45, 7) is 9.47. The molecule has 0 aliphatic carbocycles. The van der Waals surface area contributed by atoms with Gasteiger partial charge in [-0.25, -0.2) is 0 Å². The van der Waals surface area contributed by atoms with Crippen LogP contribution in [0.3, 0.4) is 0 Å². The van der Waals surface area contributed by atoms with Gasteiger partial charge in [0.15, 0.2) is 0 Å². The summed E-state index contributed by atoms with van der Waals surface area (Å²) in [6, 6.07) is 0. The molecule has 0 aromatic carbocycles. The maximum Gasteiger partial charge on any atom is 0.328 e. The van der Waals surface area contributed by atoms with Gasteiger partial charge in [-0.05, 0) is 64.2 Å². The SMILES string of the molecule is CCCCCCCCC=CCCCCCCCCOCC(COCCCCCCCCC=CCCCCCCCC)OP(C)(=O)OCCN(CCO)CCO. The van der Waals surface area contributed by atoms with Gasteiger partial charge in [0.2, 0.25) is 0 Å². The molecular weight excluding hydrogens is 709 g/mol. The lowest BCUT2D eigenvalue weighted by Crippen LogP contribution is -2.33. The first kappa shape index (κ1) is 54.4. The van der Waals surface area contributed by atoms with Gasteiger partial charge in [-0.1, -0.05) is 154 Å². The zero-order chi connectivity index (χ0) is 40.2. The average Bonchev–Trinajstić information content (AvgIpc) is 3.16. The van der Waals surface area contributed by atoms with E-state index in [0.29, 0.717) is 46.1 Å². The Morgan fingerprint density at radius 1 is 0.491 bits per heavy atom. The normalized spacial score (nSPS) is 13.9. The molecule has 1 atom stereocenters. The van der Waals surface area contributed by atoms with Crippen LogP contribution in [0.1, 0.15) is 194 Å². The first-order valence-electron chi connectivity index (χ1n) is 23.3. The van der Waals surface area contributed by atoms with Gasteiger partial charge in [0.05, 0.1) is 33.0 Å². The standard InChI is InChI=1S/C46H92NO7P/c1-4-6-8-10-12-14-16-18-20-22-24-26-28-30-32-34-41-51-44-46(54-55(3,50)53-43-38-47(36-39-48)37-40-49)45-52-42-35-33-31-29-27-25-23-21-19-17-15-13-11-9-7-5-2/h18-21,46,48-49H,4-17,22-45H2,1-3H3. The molecule has 0 aliphatic heterocycles. The van der Waals surface area contributed by atoms with E-state index in [1.165, 1.54) is 161 Å². The van der Waals surface area contributed by atoms with Gasteiger partial charge in [0.1, 0.15) is 6.10 Å². The van der Waals surface area contributed by atoms with E-state index in [-0.39, 0.29) is 19.8 Å². The molecular formula is C46H92NO7P. The second kappa shape index (κ2) is 44.5. The van der Waals surface area contributed by atoms with Crippen LogP contribution in [0.15, 0.2) is 24.3 Å². The number of rotatable bonds is 46. The van der Waals surface area contributed by atoms with Crippen molar-refractivity contribution in [3.05, 3.63) is 24.3 Å². The Balaban J connectivity index is 4.24. The molecule has 0 aromatic rings. The summed E-state index contributed by atoms with van der Waals surface area (Å²) < 4.78 is 36.8. The predicted octanol–water partition coefficient (Wildman–Crippen LogP) is 12.6. The summed E-state index contributed by atoms with van der Waals surface area (Å²) >= 11 is 0. The molecule has 0 heterocycles. The summed E-state index contributed by atoms with van der Waals surface area (Å²) in [4.78, 5) is 1.87. The fraction of sp³-hybridized carbons (Fsp3) is 0.913. The van der Waals surface area contributed by atoms with Crippen molar-refractivity contribution in [1.82, 2.24) is 4.90 Å². The van der Waals surface area contributed by atoms with Crippen molar-refractivity contribution in [2.24, 2.45) is 0 Å². The van der Waals surface area contributed by atoms with Crippen LogP contribution < -0.4 is 0 Å². The van der Waals surface area contributed by atoms with Gasteiger partial charge in [-0.2, -0.15) is 0 Å². The zero-order valence-electron chi connectivity index (χ0n) is 36.6. The summed E-state index contributed by atoms with van der Waals surface area (Å²) in [6.07, 6.45) is 44.8. The topological polar surface area (TPSA) is 97.7 Å². The third kappa shape index (κ3) is 42.8. The number of hydrogen-bond acceptors (Lipinski definition) is 8. The van der Waals surface area contributed by atoms with E-state index >= 15 is 0 Å². The van der Waals surface area contributed by atoms with Crippen LogP contribution in [0.2, 0.25) is 0 Å². The highest BCUT2D eigenvalue weighted by Crippen LogP contribution is 2.45. The summed E-state index contributed by atoms with van der Waals surface area (Å²) in [5, 5.41) is 18.5. The minimum atomic E-state index is -3.35. The lowest BCUT2D eigenvalue weighted by molar-refractivity contribution is -0.0145. The maximum absolute atomic E-state index is 13.2. The van der Waals surface area contributed by atoms with Gasteiger partial charge in [-0.3, -0.25) is 9.46 Å². The first-order chi connectivity index (χ1) is 27.0. The zero-order valence-corrected chi connectivity index (χ0v) is 37.5. The Labute approximate surface area is 341 Å². The molecule has 328 valence electrons. The molecule has 0 saturated heterocycles. The van der Waals surface area contributed by atoms with Gasteiger partial charge in [0, 0.05) is 39.5 Å². The largest absolute Gasteiger partial charge is 0.395 e. The van der Waals surface area contributed by atoms with Crippen molar-refractivity contribution in [2.75, 3.05) is 72.5 Å². The Bertz CT molecular complexity index is 806. The average molecular weight is 802 g/mol. The molecule has 0 bridgehead atoms. The number of unbranched alkanes of at least 4 members (excludes halogenated alkanes) is 24. The van der Waals surface area contributed by atoms with Crippen molar-refractivity contribution in [3.8, 4) is 0 Å². The quantitative estimate of drug-likeness (QED) is 0.0357. The Morgan fingerprint density at radius 3 is 1.20 bits per heavy atom. The van der Waals surface area contributed by atoms with E-state index < -0.39 is 13.7 Å². The van der Waals surface area contributed by atoms with E-state index in [4.69, 9.17) is 18.5 Å². The summed E-state index contributed by atoms with van der Waals surface area (Å²) in [5.41, 5.74) is 0. The van der Waals surface area contributed by atoms with Crippen molar-refractivity contribution < 1.29 is 33.3 Å². The molecule has 0 amide bonds. The van der Waals surface area contributed by atoms with Crippen molar-refractivity contribution >= 4 is 7.60 Å². The minimum absolute atomic E-state index is 0.00890. The van der Waals surface area contributed by atoms with Crippen LogP contribution in [-0.4, -0.2) is 93.8 Å². The predicted molar refractivity (Wildman–Crippen MR) is 236 cm³/mol. The lowest BCUT2D eigenvalue weighted by atomic mass is 10.1. The van der Waals surface area contributed by atoms with E-state index in [9.17, 15) is 14.8 Å². The molecule has 2 N–H and O–H groups in total. The molecule has 1 unspecified atom stereocenters. The number of allylic oxidation sites excluding steroid dienone is 4. The molecule has 0 aliphatic rings. The van der Waals surface area contributed by atoms with E-state index in [2.05, 4.69) is 38.2 Å². The van der Waals surface area contributed by atoms with Crippen LogP contribution >= 0.6 is 7.60 Å². The number of ether oxygens (including phenoxy) is 2. The van der Waals surface area contributed by atoms with E-state index in [1.54, 1.807) is 0 Å². The maximum atomic E-state index is 13.2. The third-order valence-electron chi connectivity index (χ3n) is 10.1. The molecule has 0 saturated carbocycles. The third-order valence-corrected chi connectivity index (χ3v) is 11.4. The van der Waals surface area contributed by atoms with Crippen LogP contribution in [0, 0.1) is 0 Å². The highest BCUT2D eigenvalue weighted by molar-refractivity contribution is 7.53. The smallest absolute Gasteiger partial charge is 0.328 e. The van der Waals surface area contributed by atoms with Crippen LogP contribution in [0.4, 0.5) is 0 Å². The van der Waals surface area contributed by atoms with Gasteiger partial charge in [0.25, 0.3) is 0 Å². The number of aliphatic hydroxyl groups excluding tert-OH is 2. The highest BCUT2D eigenvalue weighted by atomic mass is 31.2. The number of nitrogens with zero attached hydrogens (tertiary/aromatic N) is 1. The van der Waals surface area contributed by atoms with Crippen molar-refractivity contribution in [2.45, 2.75) is 200 Å². The second-order valence-electron chi connectivity index (χ2n) is 15.6. The first-order valence-corrected chi connectivity index (χ1v) is 25.3. The molecule has 0 fully saturated rings. The van der Waals surface area contributed by atoms with Crippen LogP contribution in [0.5, 0.6) is 0 Å². The van der Waals surface area contributed by atoms with Crippen molar-refractivity contribution in [1.29, 1.82) is 0 Å². The Morgan fingerprint density at radius 2 is 0.836 bits per heavy atom. The van der Waals surface area contributed by atoms with E-state index in [1.807, 2.05) is 4.90 Å². The van der Waals surface area contributed by atoms with Gasteiger partial charge < -0.3 is 28.7 Å². The molecule has 9 heteroatoms. The fourth-order valence-corrected chi connectivity index (χ4v) is 7.83. The molecule has 0 spiro atoms. The molecule has 8 nitrogen and oxygen atoms in total.